The summed E-state index contributed by atoms with van der Waals surface area (Å²) in [5, 5.41) is 11.4. The quantitative estimate of drug-likeness (QED) is 0.763. The summed E-state index contributed by atoms with van der Waals surface area (Å²) in [7, 11) is 0. The van der Waals surface area contributed by atoms with Crippen LogP contribution in [-0.4, -0.2) is 53.3 Å². The van der Waals surface area contributed by atoms with Crippen LogP contribution in [0.3, 0.4) is 0 Å². The molecule has 1 fully saturated rings. The van der Waals surface area contributed by atoms with Gasteiger partial charge in [0.25, 0.3) is 0 Å². The molecule has 0 unspecified atom stereocenters. The number of hydrogen-bond acceptors (Lipinski definition) is 4. The van der Waals surface area contributed by atoms with E-state index in [-0.39, 0.29) is 12.6 Å². The van der Waals surface area contributed by atoms with Crippen LogP contribution in [-0.2, 0) is 9.53 Å². The van der Waals surface area contributed by atoms with E-state index in [1.165, 1.54) is 0 Å². The number of likely N-dealkylation sites (tertiary alicyclic amines) is 1. The van der Waals surface area contributed by atoms with Crippen LogP contribution >= 0.6 is 0 Å². The third-order valence-electron chi connectivity index (χ3n) is 2.35. The first kappa shape index (κ1) is 13.8. The summed E-state index contributed by atoms with van der Waals surface area (Å²) in [5.74, 6) is -0.845. The van der Waals surface area contributed by atoms with Crippen molar-refractivity contribution in [2.24, 2.45) is 0 Å². The zero-order chi connectivity index (χ0) is 13.1. The van der Waals surface area contributed by atoms with Crippen LogP contribution in [0.5, 0.6) is 0 Å². The molecule has 0 aromatic heterocycles. The minimum atomic E-state index is -0.845. The number of nitrogens with one attached hydrogen (secondary N) is 1. The number of carbonyl (C=O) groups is 2. The zero-order valence-electron chi connectivity index (χ0n) is 10.5. The zero-order valence-corrected chi connectivity index (χ0v) is 10.5. The first-order valence-corrected chi connectivity index (χ1v) is 5.70. The van der Waals surface area contributed by atoms with Gasteiger partial charge < -0.3 is 15.2 Å². The second-order valence-electron chi connectivity index (χ2n) is 5.26. The number of carbonyl (C=O) groups excluding carboxylic acids is 1. The molecule has 0 spiro atoms. The second kappa shape index (κ2) is 5.35. The lowest BCUT2D eigenvalue weighted by molar-refractivity contribution is -0.138. The van der Waals surface area contributed by atoms with Gasteiger partial charge in [-0.05, 0) is 27.2 Å². The van der Waals surface area contributed by atoms with Crippen LogP contribution in [0, 0.1) is 0 Å². The highest BCUT2D eigenvalue weighted by atomic mass is 16.6. The Hall–Kier alpha value is -1.30. The fourth-order valence-electron chi connectivity index (χ4n) is 1.76. The molecule has 6 nitrogen and oxygen atoms in total. The molecule has 0 aliphatic carbocycles. The van der Waals surface area contributed by atoms with Crippen molar-refractivity contribution in [3.05, 3.63) is 0 Å². The normalized spacial score (nSPS) is 21.2. The molecular formula is C11H20N2O4. The maximum absolute atomic E-state index is 11.5. The van der Waals surface area contributed by atoms with E-state index >= 15 is 0 Å². The van der Waals surface area contributed by atoms with E-state index in [0.717, 1.165) is 6.42 Å². The van der Waals surface area contributed by atoms with E-state index in [1.807, 2.05) is 0 Å². The number of aliphatic carboxylic acids is 1. The Morgan fingerprint density at radius 2 is 2.12 bits per heavy atom. The maximum Gasteiger partial charge on any atom is 0.407 e. The Kier molecular flexibility index (Phi) is 4.34. The predicted octanol–water partition coefficient (Wildman–Crippen LogP) is 0.670. The Labute approximate surface area is 101 Å². The number of carboxylic acids is 1. The van der Waals surface area contributed by atoms with Crippen molar-refractivity contribution >= 4 is 12.1 Å². The largest absolute Gasteiger partial charge is 0.480 e. The minimum Gasteiger partial charge on any atom is -0.480 e. The maximum atomic E-state index is 11.5. The molecule has 0 saturated carbocycles. The molecule has 1 aliphatic rings. The van der Waals surface area contributed by atoms with Crippen molar-refractivity contribution in [1.82, 2.24) is 10.2 Å². The second-order valence-corrected chi connectivity index (χ2v) is 5.26. The summed E-state index contributed by atoms with van der Waals surface area (Å²) in [6.45, 7) is 6.68. The lowest BCUT2D eigenvalue weighted by atomic mass is 10.2. The van der Waals surface area contributed by atoms with Gasteiger partial charge in [-0.2, -0.15) is 0 Å². The molecule has 1 saturated heterocycles. The molecule has 1 atom stereocenters. The van der Waals surface area contributed by atoms with E-state index in [0.29, 0.717) is 13.1 Å². The molecule has 17 heavy (non-hydrogen) atoms. The van der Waals surface area contributed by atoms with Crippen LogP contribution in [0.4, 0.5) is 4.79 Å². The fraction of sp³-hybridized carbons (Fsp3) is 0.818. The van der Waals surface area contributed by atoms with Gasteiger partial charge >= 0.3 is 12.1 Å². The van der Waals surface area contributed by atoms with Gasteiger partial charge in [-0.15, -0.1) is 0 Å². The molecule has 0 aromatic rings. The molecule has 0 radical (unpaired) electrons. The number of carboxylic acid groups (broad SMARTS) is 1. The number of alkyl carbamates (subject to hydrolysis) is 1. The Bertz CT molecular complexity index is 298. The highest BCUT2D eigenvalue weighted by Crippen LogP contribution is 2.11. The summed E-state index contributed by atoms with van der Waals surface area (Å²) >= 11 is 0. The smallest absolute Gasteiger partial charge is 0.407 e. The molecular weight excluding hydrogens is 224 g/mol. The van der Waals surface area contributed by atoms with Crippen LogP contribution in [0.1, 0.15) is 27.2 Å². The monoisotopic (exact) mass is 244 g/mol. The molecule has 1 aliphatic heterocycles. The lowest BCUT2D eigenvalue weighted by Gasteiger charge is -2.21. The summed E-state index contributed by atoms with van der Waals surface area (Å²) in [6.07, 6.45) is 0.312. The standard InChI is InChI=1S/C11H20N2O4/c1-11(2,3)17-10(16)12-8-4-5-13(6-8)7-9(14)15/h8H,4-7H2,1-3H3,(H,12,16)(H,14,15)/t8-/m1/s1. The lowest BCUT2D eigenvalue weighted by Crippen LogP contribution is -2.41. The highest BCUT2D eigenvalue weighted by Gasteiger charge is 2.26. The molecule has 6 heteroatoms. The Morgan fingerprint density at radius 3 is 2.65 bits per heavy atom. The Morgan fingerprint density at radius 1 is 1.47 bits per heavy atom. The van der Waals surface area contributed by atoms with Crippen molar-refractivity contribution in [2.75, 3.05) is 19.6 Å². The summed E-state index contributed by atoms with van der Waals surface area (Å²) in [4.78, 5) is 23.8. The van der Waals surface area contributed by atoms with Crippen molar-refractivity contribution in [3.63, 3.8) is 0 Å². The first-order valence-electron chi connectivity index (χ1n) is 5.70. The van der Waals surface area contributed by atoms with Crippen LogP contribution < -0.4 is 5.32 Å². The van der Waals surface area contributed by atoms with Gasteiger partial charge in [-0.3, -0.25) is 9.69 Å². The van der Waals surface area contributed by atoms with Gasteiger partial charge in [0.2, 0.25) is 0 Å². The highest BCUT2D eigenvalue weighted by molar-refractivity contribution is 5.69. The molecule has 1 rings (SSSR count). The van der Waals surface area contributed by atoms with Crippen molar-refractivity contribution < 1.29 is 19.4 Å². The van der Waals surface area contributed by atoms with E-state index in [9.17, 15) is 9.59 Å². The van der Waals surface area contributed by atoms with E-state index in [4.69, 9.17) is 9.84 Å². The van der Waals surface area contributed by atoms with Gasteiger partial charge in [-0.1, -0.05) is 0 Å². The van der Waals surface area contributed by atoms with Crippen molar-refractivity contribution in [2.45, 2.75) is 38.8 Å². The van der Waals surface area contributed by atoms with Gasteiger partial charge in [-0.25, -0.2) is 4.79 Å². The summed E-state index contributed by atoms with van der Waals surface area (Å²) in [6, 6.07) is -0.0239. The number of hydrogen-bond donors (Lipinski definition) is 2. The van der Waals surface area contributed by atoms with Crippen LogP contribution in [0.15, 0.2) is 0 Å². The summed E-state index contributed by atoms with van der Waals surface area (Å²) in [5.41, 5.74) is -0.510. The molecule has 1 amide bonds. The average Bonchev–Trinajstić information content (AvgIpc) is 2.46. The van der Waals surface area contributed by atoms with E-state index in [1.54, 1.807) is 25.7 Å². The predicted molar refractivity (Wildman–Crippen MR) is 61.9 cm³/mol. The minimum absolute atomic E-state index is 0.0203. The SMILES string of the molecule is CC(C)(C)OC(=O)N[C@@H]1CCN(CC(=O)O)C1. The fourth-order valence-corrected chi connectivity index (χ4v) is 1.76. The van der Waals surface area contributed by atoms with E-state index in [2.05, 4.69) is 5.32 Å². The van der Waals surface area contributed by atoms with Crippen molar-refractivity contribution in [3.8, 4) is 0 Å². The molecule has 0 aromatic carbocycles. The average molecular weight is 244 g/mol. The molecule has 0 bridgehead atoms. The van der Waals surface area contributed by atoms with Gasteiger partial charge in [0, 0.05) is 19.1 Å². The summed E-state index contributed by atoms with van der Waals surface area (Å²) < 4.78 is 5.13. The topological polar surface area (TPSA) is 78.9 Å². The third-order valence-corrected chi connectivity index (χ3v) is 2.35. The third kappa shape index (κ3) is 5.53. The number of ether oxygens (including phenoxy) is 1. The molecule has 98 valence electrons. The van der Waals surface area contributed by atoms with Gasteiger partial charge in [0.1, 0.15) is 5.60 Å². The van der Waals surface area contributed by atoms with E-state index < -0.39 is 17.7 Å². The molecule has 1 heterocycles. The van der Waals surface area contributed by atoms with Crippen LogP contribution in [0.2, 0.25) is 0 Å². The Balaban J connectivity index is 2.30. The van der Waals surface area contributed by atoms with Crippen LogP contribution in [0.25, 0.3) is 0 Å². The van der Waals surface area contributed by atoms with Gasteiger partial charge in [0.15, 0.2) is 0 Å². The van der Waals surface area contributed by atoms with Crippen molar-refractivity contribution in [1.29, 1.82) is 0 Å². The number of rotatable bonds is 3. The van der Waals surface area contributed by atoms with Gasteiger partial charge in [0.05, 0.1) is 6.54 Å². The first-order chi connectivity index (χ1) is 7.76. The number of nitrogens with zero attached hydrogens (tertiary/aromatic N) is 1. The number of amides is 1. The molecule has 2 N–H and O–H groups in total.